The lowest BCUT2D eigenvalue weighted by atomic mass is 9.90. The van der Waals surface area contributed by atoms with Gasteiger partial charge in [0.15, 0.2) is 0 Å². The summed E-state index contributed by atoms with van der Waals surface area (Å²) in [6.45, 7) is 0.859. The highest BCUT2D eigenvalue weighted by molar-refractivity contribution is 7.88. The molecule has 0 radical (unpaired) electrons. The van der Waals surface area contributed by atoms with Crippen molar-refractivity contribution in [3.05, 3.63) is 35.5 Å². The van der Waals surface area contributed by atoms with Crippen molar-refractivity contribution in [3.8, 4) is 0 Å². The first-order chi connectivity index (χ1) is 9.86. The summed E-state index contributed by atoms with van der Waals surface area (Å²) in [5.74, 6) is -1.11. The first kappa shape index (κ1) is 14.5. The van der Waals surface area contributed by atoms with Crippen molar-refractivity contribution in [3.63, 3.8) is 0 Å². The van der Waals surface area contributed by atoms with E-state index in [-0.39, 0.29) is 5.92 Å². The van der Waals surface area contributed by atoms with Gasteiger partial charge >= 0.3 is 0 Å². The van der Waals surface area contributed by atoms with Crippen molar-refractivity contribution in [2.45, 2.75) is 18.8 Å². The van der Waals surface area contributed by atoms with Crippen LogP contribution in [-0.2, 0) is 10.0 Å². The number of nitrogens with one attached hydrogen (secondary N) is 1. The number of H-pyrrole nitrogens is 1. The molecular weight excluding hydrogens is 298 g/mol. The highest BCUT2D eigenvalue weighted by atomic mass is 32.2. The molecule has 0 amide bonds. The SMILES string of the molecule is CS(=O)(=O)N1CCC(c2c[nH]c3cc(F)cc(F)c23)CC1. The van der Waals surface area contributed by atoms with Gasteiger partial charge in [0.1, 0.15) is 11.6 Å². The lowest BCUT2D eigenvalue weighted by Gasteiger charge is -2.30. The quantitative estimate of drug-likeness (QED) is 0.926. The molecule has 114 valence electrons. The smallest absolute Gasteiger partial charge is 0.211 e. The van der Waals surface area contributed by atoms with Crippen molar-refractivity contribution in [1.82, 2.24) is 9.29 Å². The average molecular weight is 314 g/mol. The molecule has 21 heavy (non-hydrogen) atoms. The van der Waals surface area contributed by atoms with Crippen LogP contribution >= 0.6 is 0 Å². The maximum absolute atomic E-state index is 14.0. The summed E-state index contributed by atoms with van der Waals surface area (Å²) in [5, 5.41) is 0.411. The lowest BCUT2D eigenvalue weighted by Crippen LogP contribution is -2.37. The molecule has 4 nitrogen and oxygen atoms in total. The molecule has 0 spiro atoms. The topological polar surface area (TPSA) is 53.2 Å². The maximum atomic E-state index is 14.0. The molecule has 2 aromatic rings. The third-order valence-electron chi connectivity index (χ3n) is 4.09. The van der Waals surface area contributed by atoms with Gasteiger partial charge < -0.3 is 4.98 Å². The molecule has 1 aromatic heterocycles. The fourth-order valence-electron chi connectivity index (χ4n) is 3.03. The van der Waals surface area contributed by atoms with Crippen LogP contribution in [0.5, 0.6) is 0 Å². The first-order valence-electron chi connectivity index (χ1n) is 6.77. The molecule has 3 rings (SSSR count). The zero-order valence-electron chi connectivity index (χ0n) is 11.6. The second kappa shape index (κ2) is 5.06. The van der Waals surface area contributed by atoms with Gasteiger partial charge in [0.2, 0.25) is 10.0 Å². The molecule has 1 saturated heterocycles. The van der Waals surface area contributed by atoms with Gasteiger partial charge in [-0.3, -0.25) is 0 Å². The van der Waals surface area contributed by atoms with Crippen LogP contribution in [0.1, 0.15) is 24.3 Å². The molecule has 1 fully saturated rings. The first-order valence-corrected chi connectivity index (χ1v) is 8.62. The molecule has 0 atom stereocenters. The minimum atomic E-state index is -3.17. The lowest BCUT2D eigenvalue weighted by molar-refractivity contribution is 0.322. The van der Waals surface area contributed by atoms with E-state index in [1.807, 2.05) is 0 Å². The number of aromatic amines is 1. The fourth-order valence-corrected chi connectivity index (χ4v) is 3.90. The Morgan fingerprint density at radius 3 is 2.52 bits per heavy atom. The van der Waals surface area contributed by atoms with Crippen LogP contribution in [0.3, 0.4) is 0 Å². The number of benzene rings is 1. The van der Waals surface area contributed by atoms with Crippen molar-refractivity contribution in [2.24, 2.45) is 0 Å². The van der Waals surface area contributed by atoms with Gasteiger partial charge in [0.05, 0.1) is 11.8 Å². The molecule has 1 aliphatic heterocycles. The second-order valence-electron chi connectivity index (χ2n) is 5.49. The number of hydrogen-bond donors (Lipinski definition) is 1. The second-order valence-corrected chi connectivity index (χ2v) is 7.47. The summed E-state index contributed by atoms with van der Waals surface area (Å²) < 4.78 is 51.6. The summed E-state index contributed by atoms with van der Waals surface area (Å²) >= 11 is 0. The van der Waals surface area contributed by atoms with Gasteiger partial charge in [-0.25, -0.2) is 21.5 Å². The average Bonchev–Trinajstić information content (AvgIpc) is 2.81. The maximum Gasteiger partial charge on any atom is 0.211 e. The van der Waals surface area contributed by atoms with E-state index in [0.29, 0.717) is 36.8 Å². The van der Waals surface area contributed by atoms with Gasteiger partial charge in [-0.2, -0.15) is 0 Å². The van der Waals surface area contributed by atoms with Crippen LogP contribution in [0, 0.1) is 11.6 Å². The Bertz CT molecular complexity index is 778. The summed E-state index contributed by atoms with van der Waals surface area (Å²) in [6, 6.07) is 2.15. The van der Waals surface area contributed by atoms with Gasteiger partial charge in [0.25, 0.3) is 0 Å². The number of sulfonamides is 1. The van der Waals surface area contributed by atoms with E-state index in [0.717, 1.165) is 11.6 Å². The minimum absolute atomic E-state index is 0.0803. The highest BCUT2D eigenvalue weighted by Gasteiger charge is 2.27. The van der Waals surface area contributed by atoms with E-state index in [4.69, 9.17) is 0 Å². The van der Waals surface area contributed by atoms with E-state index >= 15 is 0 Å². The van der Waals surface area contributed by atoms with E-state index in [9.17, 15) is 17.2 Å². The summed E-state index contributed by atoms with van der Waals surface area (Å²) in [6.07, 6.45) is 4.17. The highest BCUT2D eigenvalue weighted by Crippen LogP contribution is 2.35. The molecule has 2 heterocycles. The summed E-state index contributed by atoms with van der Waals surface area (Å²) in [4.78, 5) is 2.90. The molecule has 7 heteroatoms. The number of rotatable bonds is 2. The normalized spacial score (nSPS) is 18.4. The van der Waals surface area contributed by atoms with E-state index in [1.165, 1.54) is 16.6 Å². The Hall–Kier alpha value is -1.47. The molecule has 0 bridgehead atoms. The van der Waals surface area contributed by atoms with Crippen LogP contribution < -0.4 is 0 Å². The van der Waals surface area contributed by atoms with Crippen LogP contribution in [-0.4, -0.2) is 37.1 Å². The number of halogens is 2. The number of fused-ring (bicyclic) bond motifs is 1. The Balaban J connectivity index is 1.90. The zero-order chi connectivity index (χ0) is 15.2. The zero-order valence-corrected chi connectivity index (χ0v) is 12.4. The summed E-state index contributed by atoms with van der Waals surface area (Å²) in [5.41, 5.74) is 1.24. The van der Waals surface area contributed by atoms with Crippen LogP contribution in [0.15, 0.2) is 18.3 Å². The minimum Gasteiger partial charge on any atom is -0.361 e. The van der Waals surface area contributed by atoms with Crippen LogP contribution in [0.25, 0.3) is 10.9 Å². The van der Waals surface area contributed by atoms with Crippen LogP contribution in [0.2, 0.25) is 0 Å². The van der Waals surface area contributed by atoms with Crippen molar-refractivity contribution < 1.29 is 17.2 Å². The Labute approximate surface area is 121 Å². The molecule has 0 unspecified atom stereocenters. The number of nitrogens with zero attached hydrogens (tertiary/aromatic N) is 1. The molecular formula is C14H16F2N2O2S. The predicted octanol–water partition coefficient (Wildman–Crippen LogP) is 2.59. The molecule has 1 N–H and O–H groups in total. The Morgan fingerprint density at radius 1 is 1.24 bits per heavy atom. The molecule has 1 aliphatic rings. The fraction of sp³-hybridized carbons (Fsp3) is 0.429. The van der Waals surface area contributed by atoms with Gasteiger partial charge in [-0.15, -0.1) is 0 Å². The van der Waals surface area contributed by atoms with Crippen molar-refractivity contribution >= 4 is 20.9 Å². The van der Waals surface area contributed by atoms with Crippen molar-refractivity contribution in [1.29, 1.82) is 0 Å². The standard InChI is InChI=1S/C14H16F2N2O2S/c1-21(19,20)18-4-2-9(3-5-18)11-8-17-13-7-10(15)6-12(16)14(11)13/h6-9,17H,2-5H2,1H3. The van der Waals surface area contributed by atoms with Gasteiger partial charge in [-0.05, 0) is 30.4 Å². The predicted molar refractivity (Wildman–Crippen MR) is 76.6 cm³/mol. The van der Waals surface area contributed by atoms with Gasteiger partial charge in [0, 0.05) is 30.7 Å². The number of piperidine rings is 1. The Kier molecular flexibility index (Phi) is 3.49. The van der Waals surface area contributed by atoms with E-state index in [1.54, 1.807) is 6.20 Å². The molecule has 1 aromatic carbocycles. The largest absolute Gasteiger partial charge is 0.361 e. The molecule has 0 aliphatic carbocycles. The van der Waals surface area contributed by atoms with Crippen molar-refractivity contribution in [2.75, 3.05) is 19.3 Å². The van der Waals surface area contributed by atoms with Crippen LogP contribution in [0.4, 0.5) is 8.78 Å². The summed E-state index contributed by atoms with van der Waals surface area (Å²) in [7, 11) is -3.17. The van der Waals surface area contributed by atoms with E-state index in [2.05, 4.69) is 4.98 Å². The van der Waals surface area contributed by atoms with Gasteiger partial charge in [-0.1, -0.05) is 0 Å². The third kappa shape index (κ3) is 2.67. The van der Waals surface area contributed by atoms with E-state index < -0.39 is 21.7 Å². The Morgan fingerprint density at radius 2 is 1.90 bits per heavy atom. The number of hydrogen-bond acceptors (Lipinski definition) is 2. The third-order valence-corrected chi connectivity index (χ3v) is 5.39. The molecule has 0 saturated carbocycles. The number of aromatic nitrogens is 1. The monoisotopic (exact) mass is 314 g/mol.